The van der Waals surface area contributed by atoms with Crippen LogP contribution in [-0.2, 0) is 9.53 Å². The van der Waals surface area contributed by atoms with Gasteiger partial charge in [-0.2, -0.15) is 0 Å². The number of rotatable bonds is 3. The Kier molecular flexibility index (Phi) is 4.93. The number of nitrogens with zero attached hydrogens (tertiary/aromatic N) is 2. The molecule has 3 saturated heterocycles. The molecule has 0 aliphatic carbocycles. The quantitative estimate of drug-likeness (QED) is 0.775. The van der Waals surface area contributed by atoms with Gasteiger partial charge in [-0.1, -0.05) is 0 Å². The first kappa shape index (κ1) is 15.0. The van der Waals surface area contributed by atoms with Crippen molar-refractivity contribution in [1.82, 2.24) is 15.1 Å². The lowest BCUT2D eigenvalue weighted by Gasteiger charge is -2.26. The molecule has 0 aromatic carbocycles. The highest BCUT2D eigenvalue weighted by molar-refractivity contribution is 5.94. The normalized spacial score (nSPS) is 27.4. The van der Waals surface area contributed by atoms with E-state index in [-0.39, 0.29) is 5.91 Å². The van der Waals surface area contributed by atoms with Crippen molar-refractivity contribution in [3.05, 3.63) is 11.1 Å². The van der Waals surface area contributed by atoms with Gasteiger partial charge in [-0.25, -0.2) is 0 Å². The zero-order valence-electron chi connectivity index (χ0n) is 13.1. The smallest absolute Gasteiger partial charge is 0.249 e. The molecular formula is C16H27N3O2. The summed E-state index contributed by atoms with van der Waals surface area (Å²) in [6, 6.07) is 0. The summed E-state index contributed by atoms with van der Waals surface area (Å²) < 4.78 is 5.73. The molecular weight excluding hydrogens is 266 g/mol. The van der Waals surface area contributed by atoms with Gasteiger partial charge in [0.15, 0.2) is 0 Å². The first-order chi connectivity index (χ1) is 10.2. The molecule has 3 aliphatic heterocycles. The van der Waals surface area contributed by atoms with Crippen LogP contribution in [0.1, 0.15) is 26.2 Å². The Bertz CT molecular complexity index is 410. The SMILES string of the molecule is CC(C(=O)N1CCCN(CC2CCCO2)CC1)=C1CNC1. The number of hydrogen-bond donors (Lipinski definition) is 1. The second kappa shape index (κ2) is 6.90. The Balaban J connectivity index is 1.51. The van der Waals surface area contributed by atoms with E-state index in [2.05, 4.69) is 10.2 Å². The minimum atomic E-state index is 0.241. The number of hydrogen-bond acceptors (Lipinski definition) is 4. The van der Waals surface area contributed by atoms with Gasteiger partial charge in [0, 0.05) is 51.4 Å². The van der Waals surface area contributed by atoms with Gasteiger partial charge in [0.25, 0.3) is 0 Å². The lowest BCUT2D eigenvalue weighted by molar-refractivity contribution is -0.127. The van der Waals surface area contributed by atoms with Gasteiger partial charge in [-0.3, -0.25) is 9.69 Å². The fraction of sp³-hybridized carbons (Fsp3) is 0.812. The maximum Gasteiger partial charge on any atom is 0.249 e. The van der Waals surface area contributed by atoms with Crippen molar-refractivity contribution in [2.45, 2.75) is 32.3 Å². The molecule has 0 aromatic rings. The van der Waals surface area contributed by atoms with Crippen LogP contribution in [0.3, 0.4) is 0 Å². The van der Waals surface area contributed by atoms with Crippen molar-refractivity contribution < 1.29 is 9.53 Å². The highest BCUT2D eigenvalue weighted by Crippen LogP contribution is 2.16. The van der Waals surface area contributed by atoms with Crippen LogP contribution in [-0.4, -0.2) is 74.2 Å². The molecule has 0 spiro atoms. The summed E-state index contributed by atoms with van der Waals surface area (Å²) >= 11 is 0. The number of nitrogens with one attached hydrogen (secondary N) is 1. The van der Waals surface area contributed by atoms with Gasteiger partial charge in [-0.05, 0) is 38.3 Å². The summed E-state index contributed by atoms with van der Waals surface area (Å²) in [7, 11) is 0. The second-order valence-corrected chi connectivity index (χ2v) is 6.41. The average Bonchev–Trinajstić information content (AvgIpc) is 2.81. The number of ether oxygens (including phenoxy) is 1. The van der Waals surface area contributed by atoms with Crippen LogP contribution < -0.4 is 5.32 Å². The largest absolute Gasteiger partial charge is 0.377 e. The molecule has 21 heavy (non-hydrogen) atoms. The molecule has 0 aromatic heterocycles. The van der Waals surface area contributed by atoms with Crippen LogP contribution in [0.4, 0.5) is 0 Å². The second-order valence-electron chi connectivity index (χ2n) is 6.41. The lowest BCUT2D eigenvalue weighted by Crippen LogP contribution is -2.41. The van der Waals surface area contributed by atoms with Crippen molar-refractivity contribution in [3.63, 3.8) is 0 Å². The van der Waals surface area contributed by atoms with Crippen LogP contribution in [0.2, 0.25) is 0 Å². The fourth-order valence-corrected chi connectivity index (χ4v) is 3.34. The molecule has 3 rings (SSSR count). The van der Waals surface area contributed by atoms with Gasteiger partial charge in [0.2, 0.25) is 5.91 Å². The highest BCUT2D eigenvalue weighted by atomic mass is 16.5. The maximum atomic E-state index is 12.5. The summed E-state index contributed by atoms with van der Waals surface area (Å²) in [5.41, 5.74) is 2.24. The van der Waals surface area contributed by atoms with Crippen molar-refractivity contribution >= 4 is 5.91 Å². The lowest BCUT2D eigenvalue weighted by atomic mass is 10.0. The van der Waals surface area contributed by atoms with E-state index in [1.54, 1.807) is 0 Å². The standard InChI is InChI=1S/C16H27N3O2/c1-13(14-10-17-11-14)16(20)19-6-3-5-18(7-8-19)12-15-4-2-9-21-15/h15,17H,2-12H2,1H3. The first-order valence-electron chi connectivity index (χ1n) is 8.26. The van der Waals surface area contributed by atoms with Gasteiger partial charge >= 0.3 is 0 Å². The molecule has 0 radical (unpaired) electrons. The van der Waals surface area contributed by atoms with Crippen molar-refractivity contribution in [2.24, 2.45) is 0 Å². The zero-order chi connectivity index (χ0) is 14.7. The topological polar surface area (TPSA) is 44.8 Å². The Labute approximate surface area is 127 Å². The molecule has 5 nitrogen and oxygen atoms in total. The van der Waals surface area contributed by atoms with Gasteiger partial charge in [0.1, 0.15) is 0 Å². The molecule has 1 amide bonds. The molecule has 3 aliphatic rings. The van der Waals surface area contributed by atoms with Crippen LogP contribution in [0, 0.1) is 0 Å². The molecule has 1 N–H and O–H groups in total. The Morgan fingerprint density at radius 3 is 2.76 bits per heavy atom. The maximum absolute atomic E-state index is 12.5. The van der Waals surface area contributed by atoms with Gasteiger partial charge in [-0.15, -0.1) is 0 Å². The predicted octanol–water partition coefficient (Wildman–Crippen LogP) is 0.619. The van der Waals surface area contributed by atoms with Crippen molar-refractivity contribution in [3.8, 4) is 0 Å². The van der Waals surface area contributed by atoms with Crippen LogP contribution in [0.15, 0.2) is 11.1 Å². The van der Waals surface area contributed by atoms with Crippen LogP contribution in [0.5, 0.6) is 0 Å². The first-order valence-corrected chi connectivity index (χ1v) is 8.26. The highest BCUT2D eigenvalue weighted by Gasteiger charge is 2.25. The van der Waals surface area contributed by atoms with E-state index in [1.165, 1.54) is 18.4 Å². The summed E-state index contributed by atoms with van der Waals surface area (Å²) in [5.74, 6) is 0.241. The number of amides is 1. The summed E-state index contributed by atoms with van der Waals surface area (Å²) in [4.78, 5) is 17.0. The van der Waals surface area contributed by atoms with Gasteiger partial charge < -0.3 is 15.0 Å². The van der Waals surface area contributed by atoms with Crippen LogP contribution >= 0.6 is 0 Å². The third-order valence-corrected chi connectivity index (χ3v) is 4.89. The Hall–Kier alpha value is -0.910. The fourth-order valence-electron chi connectivity index (χ4n) is 3.34. The van der Waals surface area contributed by atoms with Crippen LogP contribution in [0.25, 0.3) is 0 Å². The van der Waals surface area contributed by atoms with E-state index in [9.17, 15) is 4.79 Å². The molecule has 1 unspecified atom stereocenters. The molecule has 0 bridgehead atoms. The molecule has 1 atom stereocenters. The molecule has 3 heterocycles. The summed E-state index contributed by atoms with van der Waals surface area (Å²) in [6.45, 7) is 9.51. The Morgan fingerprint density at radius 2 is 2.10 bits per heavy atom. The van der Waals surface area contributed by atoms with E-state index >= 15 is 0 Å². The van der Waals surface area contributed by atoms with Crippen molar-refractivity contribution in [1.29, 1.82) is 0 Å². The number of carbonyl (C=O) groups is 1. The third kappa shape index (κ3) is 3.65. The monoisotopic (exact) mass is 293 g/mol. The zero-order valence-corrected chi connectivity index (χ0v) is 13.1. The minimum absolute atomic E-state index is 0.241. The van der Waals surface area contributed by atoms with E-state index in [0.29, 0.717) is 6.10 Å². The van der Waals surface area contributed by atoms with Gasteiger partial charge in [0.05, 0.1) is 6.10 Å². The van der Waals surface area contributed by atoms with E-state index in [4.69, 9.17) is 4.74 Å². The molecule has 0 saturated carbocycles. The van der Waals surface area contributed by atoms with E-state index in [1.807, 2.05) is 11.8 Å². The predicted molar refractivity (Wildman–Crippen MR) is 82.2 cm³/mol. The summed E-state index contributed by atoms with van der Waals surface area (Å²) in [6.07, 6.45) is 3.87. The minimum Gasteiger partial charge on any atom is -0.377 e. The molecule has 3 fully saturated rings. The van der Waals surface area contributed by atoms with E-state index in [0.717, 1.165) is 64.4 Å². The number of carbonyl (C=O) groups excluding carboxylic acids is 1. The van der Waals surface area contributed by atoms with E-state index < -0.39 is 0 Å². The average molecular weight is 293 g/mol. The summed E-state index contributed by atoms with van der Waals surface area (Å²) in [5, 5.41) is 3.21. The van der Waals surface area contributed by atoms with Crippen molar-refractivity contribution in [2.75, 3.05) is 52.4 Å². The Morgan fingerprint density at radius 1 is 1.24 bits per heavy atom. The third-order valence-electron chi connectivity index (χ3n) is 4.89. The molecule has 5 heteroatoms. The molecule has 118 valence electrons.